The van der Waals surface area contributed by atoms with Crippen molar-refractivity contribution in [3.05, 3.63) is 100 Å². The third-order valence-electron chi connectivity index (χ3n) is 7.08. The van der Waals surface area contributed by atoms with Gasteiger partial charge in [-0.3, -0.25) is 9.59 Å². The Kier molecular flexibility index (Phi) is 11.6. The highest BCUT2D eigenvalue weighted by Gasteiger charge is 2.31. The molecule has 4 rings (SSSR count). The first-order valence-electron chi connectivity index (χ1n) is 13.7. The molecule has 0 aliphatic heterocycles. The van der Waals surface area contributed by atoms with E-state index in [0.717, 1.165) is 47.5 Å². The standard InChI is InChI=1S/C32H36Cl2N2O2S/c33-26-16-18-29(19-17-26)39-20-8-15-31(37)36(23-25-11-7-12-27(34)21-25)30(22-24-9-3-1-4-10-24)32(38)35-28-13-5-2-6-14-28/h1,3-4,7,9-12,16-19,21,28,30H,2,5-6,8,13-15,20,22-23H2,(H,35,38). The van der Waals surface area contributed by atoms with Crippen molar-refractivity contribution in [1.82, 2.24) is 10.2 Å². The van der Waals surface area contributed by atoms with Crippen LogP contribution in [0, 0.1) is 0 Å². The smallest absolute Gasteiger partial charge is 0.243 e. The number of thioether (sulfide) groups is 1. The van der Waals surface area contributed by atoms with E-state index in [9.17, 15) is 9.59 Å². The molecule has 1 fully saturated rings. The second-order valence-electron chi connectivity index (χ2n) is 10.1. The van der Waals surface area contributed by atoms with Gasteiger partial charge in [-0.2, -0.15) is 0 Å². The molecule has 0 bridgehead atoms. The zero-order valence-corrected chi connectivity index (χ0v) is 24.5. The van der Waals surface area contributed by atoms with Gasteiger partial charge in [0.05, 0.1) is 0 Å². The summed E-state index contributed by atoms with van der Waals surface area (Å²) in [6, 6.07) is 24.8. The van der Waals surface area contributed by atoms with E-state index in [-0.39, 0.29) is 17.9 Å². The maximum absolute atomic E-state index is 13.8. The van der Waals surface area contributed by atoms with Crippen LogP contribution in [-0.4, -0.2) is 34.6 Å². The van der Waals surface area contributed by atoms with Crippen molar-refractivity contribution in [2.45, 2.75) is 74.9 Å². The van der Waals surface area contributed by atoms with Crippen LogP contribution in [0.5, 0.6) is 0 Å². The lowest BCUT2D eigenvalue weighted by Crippen LogP contribution is -2.52. The minimum absolute atomic E-state index is 0.0218. The summed E-state index contributed by atoms with van der Waals surface area (Å²) in [7, 11) is 0. The second-order valence-corrected chi connectivity index (χ2v) is 12.1. The van der Waals surface area contributed by atoms with Crippen molar-refractivity contribution in [3.8, 4) is 0 Å². The molecule has 3 aromatic rings. The van der Waals surface area contributed by atoms with Gasteiger partial charge in [-0.05, 0) is 72.5 Å². The molecule has 0 radical (unpaired) electrons. The number of amides is 2. The summed E-state index contributed by atoms with van der Waals surface area (Å²) in [5.74, 6) is 0.707. The highest BCUT2D eigenvalue weighted by molar-refractivity contribution is 7.99. The van der Waals surface area contributed by atoms with Crippen LogP contribution in [0.25, 0.3) is 0 Å². The number of nitrogens with zero attached hydrogens (tertiary/aromatic N) is 1. The average Bonchev–Trinajstić information content (AvgIpc) is 2.95. The normalized spacial score (nSPS) is 14.5. The van der Waals surface area contributed by atoms with E-state index in [0.29, 0.717) is 35.9 Å². The molecule has 0 aromatic heterocycles. The monoisotopic (exact) mass is 582 g/mol. The van der Waals surface area contributed by atoms with Crippen LogP contribution in [0.2, 0.25) is 10.0 Å². The van der Waals surface area contributed by atoms with Gasteiger partial charge in [-0.1, -0.05) is 84.9 Å². The number of nitrogens with one attached hydrogen (secondary N) is 1. The fourth-order valence-corrected chi connectivity index (χ4v) is 6.21. The summed E-state index contributed by atoms with van der Waals surface area (Å²) < 4.78 is 0. The predicted octanol–water partition coefficient (Wildman–Crippen LogP) is 7.95. The van der Waals surface area contributed by atoms with Crippen LogP contribution in [0.4, 0.5) is 0 Å². The maximum Gasteiger partial charge on any atom is 0.243 e. The molecule has 1 N–H and O–H groups in total. The predicted molar refractivity (Wildman–Crippen MR) is 162 cm³/mol. The number of hydrogen-bond donors (Lipinski definition) is 1. The molecule has 0 spiro atoms. The van der Waals surface area contributed by atoms with Crippen molar-refractivity contribution in [3.63, 3.8) is 0 Å². The highest BCUT2D eigenvalue weighted by atomic mass is 35.5. The van der Waals surface area contributed by atoms with E-state index in [2.05, 4.69) is 5.32 Å². The van der Waals surface area contributed by atoms with Gasteiger partial charge in [0.2, 0.25) is 11.8 Å². The topological polar surface area (TPSA) is 49.4 Å². The number of rotatable bonds is 12. The number of carbonyl (C=O) groups excluding carboxylic acids is 2. The van der Waals surface area contributed by atoms with Crippen LogP contribution in [-0.2, 0) is 22.6 Å². The first kappa shape index (κ1) is 29.5. The zero-order chi connectivity index (χ0) is 27.5. The Labute approximate surface area is 246 Å². The fourth-order valence-electron chi connectivity index (χ4n) is 5.02. The second kappa shape index (κ2) is 15.4. The molecule has 4 nitrogen and oxygen atoms in total. The average molecular weight is 584 g/mol. The van der Waals surface area contributed by atoms with E-state index in [1.165, 1.54) is 6.42 Å². The minimum atomic E-state index is -0.607. The molecule has 1 unspecified atom stereocenters. The van der Waals surface area contributed by atoms with Crippen molar-refractivity contribution in [2.24, 2.45) is 0 Å². The first-order chi connectivity index (χ1) is 19.0. The molecule has 1 saturated carbocycles. The first-order valence-corrected chi connectivity index (χ1v) is 15.5. The lowest BCUT2D eigenvalue weighted by atomic mass is 9.94. The summed E-state index contributed by atoms with van der Waals surface area (Å²) >= 11 is 14.0. The molecule has 1 aliphatic carbocycles. The molecule has 0 saturated heterocycles. The molecule has 206 valence electrons. The molecule has 1 atom stereocenters. The highest BCUT2D eigenvalue weighted by Crippen LogP contribution is 2.24. The van der Waals surface area contributed by atoms with E-state index in [1.807, 2.05) is 78.9 Å². The van der Waals surface area contributed by atoms with Crippen LogP contribution < -0.4 is 5.32 Å². The van der Waals surface area contributed by atoms with Crippen LogP contribution >= 0.6 is 35.0 Å². The summed E-state index contributed by atoms with van der Waals surface area (Å²) in [6.45, 7) is 0.333. The van der Waals surface area contributed by atoms with E-state index in [4.69, 9.17) is 23.2 Å². The van der Waals surface area contributed by atoms with Crippen molar-refractivity contribution in [2.75, 3.05) is 5.75 Å². The molecule has 7 heteroatoms. The van der Waals surface area contributed by atoms with Gasteiger partial charge in [0, 0.05) is 40.4 Å². The quantitative estimate of drug-likeness (QED) is 0.174. The fraction of sp³-hybridized carbons (Fsp3) is 0.375. The van der Waals surface area contributed by atoms with E-state index < -0.39 is 6.04 Å². The van der Waals surface area contributed by atoms with Gasteiger partial charge >= 0.3 is 0 Å². The van der Waals surface area contributed by atoms with Crippen LogP contribution in [0.3, 0.4) is 0 Å². The third-order valence-corrected chi connectivity index (χ3v) is 8.67. The van der Waals surface area contributed by atoms with Crippen molar-refractivity contribution in [1.29, 1.82) is 0 Å². The van der Waals surface area contributed by atoms with Gasteiger partial charge in [-0.25, -0.2) is 0 Å². The Balaban J connectivity index is 1.51. The number of halogens is 2. The molecular weight excluding hydrogens is 547 g/mol. The molecule has 0 heterocycles. The summed E-state index contributed by atoms with van der Waals surface area (Å²) in [5.41, 5.74) is 1.94. The summed E-state index contributed by atoms with van der Waals surface area (Å²) in [6.07, 6.45) is 7.00. The largest absolute Gasteiger partial charge is 0.352 e. The lowest BCUT2D eigenvalue weighted by Gasteiger charge is -2.33. The Morgan fingerprint density at radius 3 is 2.31 bits per heavy atom. The Morgan fingerprint density at radius 2 is 1.59 bits per heavy atom. The minimum Gasteiger partial charge on any atom is -0.352 e. The Bertz CT molecular complexity index is 1200. The number of benzene rings is 3. The van der Waals surface area contributed by atoms with Crippen molar-refractivity contribution < 1.29 is 9.59 Å². The molecule has 1 aliphatic rings. The zero-order valence-electron chi connectivity index (χ0n) is 22.2. The number of hydrogen-bond acceptors (Lipinski definition) is 3. The van der Waals surface area contributed by atoms with Crippen molar-refractivity contribution >= 4 is 46.8 Å². The van der Waals surface area contributed by atoms with Crippen LogP contribution in [0.1, 0.15) is 56.1 Å². The Morgan fingerprint density at radius 1 is 0.872 bits per heavy atom. The molecule has 3 aromatic carbocycles. The van der Waals surface area contributed by atoms with E-state index in [1.54, 1.807) is 16.7 Å². The lowest BCUT2D eigenvalue weighted by molar-refractivity contribution is -0.141. The third kappa shape index (κ3) is 9.59. The van der Waals surface area contributed by atoms with Gasteiger partial charge in [0.1, 0.15) is 6.04 Å². The number of carbonyl (C=O) groups is 2. The van der Waals surface area contributed by atoms with E-state index >= 15 is 0 Å². The summed E-state index contributed by atoms with van der Waals surface area (Å²) in [4.78, 5) is 30.5. The van der Waals surface area contributed by atoms with Gasteiger partial charge in [-0.15, -0.1) is 11.8 Å². The van der Waals surface area contributed by atoms with Gasteiger partial charge in [0.15, 0.2) is 0 Å². The van der Waals surface area contributed by atoms with Gasteiger partial charge < -0.3 is 10.2 Å². The molecule has 39 heavy (non-hydrogen) atoms. The van der Waals surface area contributed by atoms with Crippen LogP contribution in [0.15, 0.2) is 83.8 Å². The maximum atomic E-state index is 13.8. The Hall–Kier alpha value is -2.47. The SMILES string of the molecule is O=C(NC1CCCCC1)C(Cc1ccccc1)N(Cc1cccc(Cl)c1)C(=O)CCCSc1ccc(Cl)cc1. The molecule has 2 amide bonds. The molecular formula is C32H36Cl2N2O2S. The summed E-state index contributed by atoms with van der Waals surface area (Å²) in [5, 5.41) is 4.62. The van der Waals surface area contributed by atoms with Gasteiger partial charge in [0.25, 0.3) is 0 Å².